The van der Waals surface area contributed by atoms with Gasteiger partial charge in [-0.15, -0.1) is 0 Å². The fourth-order valence-corrected chi connectivity index (χ4v) is 2.29. The van der Waals surface area contributed by atoms with Gasteiger partial charge >= 0.3 is 0 Å². The Bertz CT molecular complexity index is 704. The first-order valence-corrected chi connectivity index (χ1v) is 7.02. The lowest BCUT2D eigenvalue weighted by atomic mass is 10.1. The Labute approximate surface area is 124 Å². The number of carbonyl (C=O) groups is 1. The Kier molecular flexibility index (Phi) is 4.75. The predicted octanol–water partition coefficient (Wildman–Crippen LogP) is 1.22. The van der Waals surface area contributed by atoms with Gasteiger partial charge in [0.25, 0.3) is 11.5 Å². The molecule has 1 amide bonds. The second-order valence-electron chi connectivity index (χ2n) is 5.39. The first-order valence-electron chi connectivity index (χ1n) is 7.02. The van der Waals surface area contributed by atoms with Crippen molar-refractivity contribution in [1.82, 2.24) is 14.8 Å². The van der Waals surface area contributed by atoms with Gasteiger partial charge in [0.2, 0.25) is 0 Å². The van der Waals surface area contributed by atoms with Crippen molar-refractivity contribution in [1.29, 1.82) is 0 Å². The fraction of sp³-hybridized carbons (Fsp3) is 0.375. The van der Waals surface area contributed by atoms with Gasteiger partial charge in [0.1, 0.15) is 0 Å². The molecule has 0 fully saturated rings. The van der Waals surface area contributed by atoms with Crippen LogP contribution in [0.3, 0.4) is 0 Å². The summed E-state index contributed by atoms with van der Waals surface area (Å²) in [4.78, 5) is 26.3. The van der Waals surface area contributed by atoms with Crippen LogP contribution in [0.5, 0.6) is 0 Å². The molecule has 0 aliphatic rings. The zero-order chi connectivity index (χ0) is 15.4. The number of hydrogen-bond donors (Lipinski definition) is 1. The highest BCUT2D eigenvalue weighted by Gasteiger charge is 2.12. The first kappa shape index (κ1) is 15.3. The third-order valence-electron chi connectivity index (χ3n) is 3.47. The van der Waals surface area contributed by atoms with Gasteiger partial charge in [-0.05, 0) is 33.1 Å². The van der Waals surface area contributed by atoms with Gasteiger partial charge in [0.15, 0.2) is 0 Å². The van der Waals surface area contributed by atoms with Crippen molar-refractivity contribution >= 4 is 16.8 Å². The largest absolute Gasteiger partial charge is 0.352 e. The van der Waals surface area contributed by atoms with E-state index in [0.717, 1.165) is 23.9 Å². The van der Waals surface area contributed by atoms with E-state index in [0.29, 0.717) is 12.1 Å². The minimum absolute atomic E-state index is 0.174. The molecule has 2 aromatic rings. The molecule has 1 N–H and O–H groups in total. The first-order chi connectivity index (χ1) is 10.0. The topological polar surface area (TPSA) is 54.3 Å². The molecule has 0 radical (unpaired) electrons. The van der Waals surface area contributed by atoms with Crippen LogP contribution in [0.2, 0.25) is 0 Å². The molecular formula is C16H21N3O2. The Balaban J connectivity index is 2.23. The van der Waals surface area contributed by atoms with Crippen LogP contribution >= 0.6 is 0 Å². The number of rotatable bonds is 5. The van der Waals surface area contributed by atoms with Crippen molar-refractivity contribution in [3.05, 3.63) is 46.2 Å². The highest BCUT2D eigenvalue weighted by Crippen LogP contribution is 2.15. The van der Waals surface area contributed by atoms with Crippen LogP contribution in [0.15, 0.2) is 35.1 Å². The minimum atomic E-state index is -0.192. The van der Waals surface area contributed by atoms with Crippen LogP contribution in [0.4, 0.5) is 0 Å². The maximum absolute atomic E-state index is 12.3. The Morgan fingerprint density at radius 2 is 2.00 bits per heavy atom. The molecule has 0 bridgehead atoms. The molecule has 1 aromatic heterocycles. The maximum atomic E-state index is 12.3. The number of aromatic nitrogens is 1. The number of nitrogens with one attached hydrogen (secondary N) is 1. The van der Waals surface area contributed by atoms with E-state index in [1.807, 2.05) is 38.4 Å². The quantitative estimate of drug-likeness (QED) is 0.841. The van der Waals surface area contributed by atoms with E-state index in [2.05, 4.69) is 10.2 Å². The van der Waals surface area contributed by atoms with Gasteiger partial charge in [0.05, 0.1) is 11.1 Å². The van der Waals surface area contributed by atoms with E-state index in [1.54, 1.807) is 11.6 Å². The zero-order valence-corrected chi connectivity index (χ0v) is 12.7. The number of nitrogens with zero attached hydrogens (tertiary/aromatic N) is 2. The van der Waals surface area contributed by atoms with Crippen LogP contribution in [0.25, 0.3) is 10.9 Å². The van der Waals surface area contributed by atoms with E-state index < -0.39 is 0 Å². The number of aryl methyl sites for hydroxylation is 1. The highest BCUT2D eigenvalue weighted by molar-refractivity contribution is 6.06. The summed E-state index contributed by atoms with van der Waals surface area (Å²) >= 11 is 0. The number of benzene rings is 1. The van der Waals surface area contributed by atoms with Crippen molar-refractivity contribution in [3.63, 3.8) is 0 Å². The summed E-state index contributed by atoms with van der Waals surface area (Å²) in [6, 6.07) is 8.85. The molecule has 21 heavy (non-hydrogen) atoms. The molecule has 0 spiro atoms. The Morgan fingerprint density at radius 3 is 2.71 bits per heavy atom. The molecule has 0 aliphatic heterocycles. The molecule has 0 aliphatic carbocycles. The predicted molar refractivity (Wildman–Crippen MR) is 84.7 cm³/mol. The van der Waals surface area contributed by atoms with Gasteiger partial charge in [0, 0.05) is 25.0 Å². The van der Waals surface area contributed by atoms with Crippen molar-refractivity contribution < 1.29 is 4.79 Å². The van der Waals surface area contributed by atoms with Crippen LogP contribution < -0.4 is 10.9 Å². The second-order valence-corrected chi connectivity index (χ2v) is 5.39. The molecule has 2 rings (SSSR count). The number of amides is 1. The summed E-state index contributed by atoms with van der Waals surface area (Å²) in [5.74, 6) is -0.192. The number of para-hydroxylation sites is 1. The van der Waals surface area contributed by atoms with E-state index in [1.165, 1.54) is 6.07 Å². The maximum Gasteiger partial charge on any atom is 0.252 e. The Morgan fingerprint density at radius 1 is 1.29 bits per heavy atom. The lowest BCUT2D eigenvalue weighted by Gasteiger charge is -2.12. The van der Waals surface area contributed by atoms with Gasteiger partial charge in [-0.3, -0.25) is 9.59 Å². The molecule has 1 aromatic carbocycles. The molecule has 5 heteroatoms. The molecule has 0 unspecified atom stereocenters. The lowest BCUT2D eigenvalue weighted by molar-refractivity contribution is 0.0953. The lowest BCUT2D eigenvalue weighted by Crippen LogP contribution is -2.29. The van der Waals surface area contributed by atoms with Crippen molar-refractivity contribution in [2.24, 2.45) is 7.05 Å². The van der Waals surface area contributed by atoms with Gasteiger partial charge in [-0.1, -0.05) is 18.2 Å². The minimum Gasteiger partial charge on any atom is -0.352 e. The average Bonchev–Trinajstić information content (AvgIpc) is 2.47. The summed E-state index contributed by atoms with van der Waals surface area (Å²) in [6.07, 6.45) is 0.877. The van der Waals surface area contributed by atoms with E-state index in [-0.39, 0.29) is 11.5 Å². The third kappa shape index (κ3) is 3.49. The molecule has 0 saturated carbocycles. The average molecular weight is 287 g/mol. The van der Waals surface area contributed by atoms with Crippen molar-refractivity contribution in [2.45, 2.75) is 6.42 Å². The number of pyridine rings is 1. The van der Waals surface area contributed by atoms with E-state index in [9.17, 15) is 9.59 Å². The monoisotopic (exact) mass is 287 g/mol. The Hall–Kier alpha value is -2.14. The standard InChI is InChI=1S/C16H21N3O2/c1-18(2)10-6-9-17-16(21)13-11-15(20)19(3)14-8-5-4-7-12(13)14/h4-5,7-8,11H,6,9-10H2,1-3H3,(H,17,21). The van der Waals surface area contributed by atoms with Gasteiger partial charge in [-0.25, -0.2) is 0 Å². The molecule has 0 atom stereocenters. The second kappa shape index (κ2) is 6.54. The highest BCUT2D eigenvalue weighted by atomic mass is 16.2. The molecule has 112 valence electrons. The molecule has 1 heterocycles. The smallest absolute Gasteiger partial charge is 0.252 e. The van der Waals surface area contributed by atoms with Crippen molar-refractivity contribution in [2.75, 3.05) is 27.2 Å². The van der Waals surface area contributed by atoms with Crippen LogP contribution in [-0.2, 0) is 7.05 Å². The number of hydrogen-bond acceptors (Lipinski definition) is 3. The summed E-state index contributed by atoms with van der Waals surface area (Å²) in [6.45, 7) is 1.51. The van der Waals surface area contributed by atoms with Crippen LogP contribution in [-0.4, -0.2) is 42.6 Å². The van der Waals surface area contributed by atoms with Gasteiger partial charge < -0.3 is 14.8 Å². The normalized spacial score (nSPS) is 11.0. The SMILES string of the molecule is CN(C)CCCNC(=O)c1cc(=O)n(C)c2ccccc12. The third-order valence-corrected chi connectivity index (χ3v) is 3.47. The van der Waals surface area contributed by atoms with E-state index in [4.69, 9.17) is 0 Å². The van der Waals surface area contributed by atoms with E-state index >= 15 is 0 Å². The van der Waals surface area contributed by atoms with Crippen LogP contribution in [0.1, 0.15) is 16.8 Å². The van der Waals surface area contributed by atoms with Gasteiger partial charge in [-0.2, -0.15) is 0 Å². The summed E-state index contributed by atoms with van der Waals surface area (Å²) < 4.78 is 1.55. The summed E-state index contributed by atoms with van der Waals surface area (Å²) in [7, 11) is 5.70. The fourth-order valence-electron chi connectivity index (χ4n) is 2.29. The number of carbonyl (C=O) groups excluding carboxylic acids is 1. The summed E-state index contributed by atoms with van der Waals surface area (Å²) in [5, 5.41) is 3.68. The van der Waals surface area contributed by atoms with Crippen LogP contribution in [0, 0.1) is 0 Å². The number of fused-ring (bicyclic) bond motifs is 1. The summed E-state index contributed by atoms with van der Waals surface area (Å²) in [5.41, 5.74) is 1.04. The zero-order valence-electron chi connectivity index (χ0n) is 12.7. The molecule has 0 saturated heterocycles. The molecular weight excluding hydrogens is 266 g/mol. The van der Waals surface area contributed by atoms with Crippen molar-refractivity contribution in [3.8, 4) is 0 Å². The molecule has 5 nitrogen and oxygen atoms in total.